The van der Waals surface area contributed by atoms with Crippen LogP contribution in [0.15, 0.2) is 30.5 Å². The number of hydrogen-bond donors (Lipinski definition) is 1. The van der Waals surface area contributed by atoms with Crippen LogP contribution in [0, 0.1) is 24.2 Å². The van der Waals surface area contributed by atoms with Gasteiger partial charge in [-0.3, -0.25) is 19.5 Å². The molecule has 1 fully saturated rings. The first-order valence-corrected chi connectivity index (χ1v) is 9.85. The highest BCUT2D eigenvalue weighted by molar-refractivity contribution is 6.07. The number of likely N-dealkylation sites (tertiary alicyclic amines) is 1. The lowest BCUT2D eigenvalue weighted by molar-refractivity contribution is -0.139. The zero-order chi connectivity index (χ0) is 20.8. The number of aromatic nitrogens is 1. The van der Waals surface area contributed by atoms with Gasteiger partial charge in [0.1, 0.15) is 5.75 Å². The molecule has 2 aromatic rings. The van der Waals surface area contributed by atoms with E-state index in [1.54, 1.807) is 19.4 Å². The maximum atomic E-state index is 13.0. The van der Waals surface area contributed by atoms with Gasteiger partial charge >= 0.3 is 5.97 Å². The van der Waals surface area contributed by atoms with Crippen molar-refractivity contribution in [2.75, 3.05) is 26.7 Å². The first-order valence-electron chi connectivity index (χ1n) is 9.85. The molecule has 29 heavy (non-hydrogen) atoms. The van der Waals surface area contributed by atoms with E-state index in [2.05, 4.69) is 15.8 Å². The van der Waals surface area contributed by atoms with Gasteiger partial charge < -0.3 is 9.84 Å². The molecule has 0 aliphatic carbocycles. The number of ketones is 1. The molecule has 3 rings (SSSR count). The maximum Gasteiger partial charge on any atom is 0.303 e. The van der Waals surface area contributed by atoms with Gasteiger partial charge in [0.05, 0.1) is 19.2 Å². The number of carboxylic acid groups (broad SMARTS) is 1. The molecule has 0 spiro atoms. The number of carbonyl (C=O) groups excluding carboxylic acids is 1. The lowest BCUT2D eigenvalue weighted by atomic mass is 9.79. The first-order chi connectivity index (χ1) is 14.0. The minimum atomic E-state index is -0.805. The second kappa shape index (κ2) is 9.53. The van der Waals surface area contributed by atoms with Crippen molar-refractivity contribution in [3.8, 4) is 18.1 Å². The molecule has 1 aliphatic heterocycles. The van der Waals surface area contributed by atoms with Gasteiger partial charge in [0, 0.05) is 36.5 Å². The third-order valence-corrected chi connectivity index (χ3v) is 5.72. The number of ether oxygens (including phenoxy) is 1. The van der Waals surface area contributed by atoms with Crippen LogP contribution in [0.4, 0.5) is 0 Å². The SMILES string of the molecule is C#CCN1CC[C@@H](CCC(=O)c2ccnc3ccc(OC)cc23)[C@@H](CC(=O)O)C1. The summed E-state index contributed by atoms with van der Waals surface area (Å²) in [6.45, 7) is 2.05. The molecule has 1 N–H and O–H groups in total. The quantitative estimate of drug-likeness (QED) is 0.547. The zero-order valence-electron chi connectivity index (χ0n) is 16.6. The highest BCUT2D eigenvalue weighted by atomic mass is 16.5. The van der Waals surface area contributed by atoms with E-state index in [0.29, 0.717) is 37.2 Å². The molecule has 1 aromatic heterocycles. The van der Waals surface area contributed by atoms with Crippen molar-refractivity contribution in [2.24, 2.45) is 11.8 Å². The van der Waals surface area contributed by atoms with Gasteiger partial charge in [-0.15, -0.1) is 6.42 Å². The second-order valence-corrected chi connectivity index (χ2v) is 7.55. The molecule has 0 radical (unpaired) electrons. The van der Waals surface area contributed by atoms with E-state index < -0.39 is 5.97 Å². The van der Waals surface area contributed by atoms with E-state index in [1.165, 1.54) is 0 Å². The molecular formula is C23H26N2O4. The number of terminal acetylenes is 1. The average molecular weight is 394 g/mol. The number of carbonyl (C=O) groups is 2. The molecule has 0 bridgehead atoms. The van der Waals surface area contributed by atoms with Crippen molar-refractivity contribution in [1.29, 1.82) is 0 Å². The number of carboxylic acids is 1. The van der Waals surface area contributed by atoms with Gasteiger partial charge in [-0.1, -0.05) is 5.92 Å². The van der Waals surface area contributed by atoms with Crippen LogP contribution in [-0.4, -0.2) is 53.5 Å². The van der Waals surface area contributed by atoms with Crippen LogP contribution in [0.2, 0.25) is 0 Å². The number of fused-ring (bicyclic) bond motifs is 1. The molecule has 1 saturated heterocycles. The van der Waals surface area contributed by atoms with Crippen LogP contribution in [0.3, 0.4) is 0 Å². The molecular weight excluding hydrogens is 368 g/mol. The third kappa shape index (κ3) is 5.12. The summed E-state index contributed by atoms with van der Waals surface area (Å²) in [6, 6.07) is 7.24. The first kappa shape index (κ1) is 20.8. The van der Waals surface area contributed by atoms with Crippen molar-refractivity contribution in [3.05, 3.63) is 36.0 Å². The standard InChI is InChI=1S/C23H26N2O4/c1-3-11-25-12-9-16(17(15-25)13-23(27)28)4-7-22(26)19-8-10-24-21-6-5-18(29-2)14-20(19)21/h1,5-6,8,10,14,16-17H,4,7,9,11-13,15H2,2H3,(H,27,28)/t16-,17+/m1/s1. The minimum Gasteiger partial charge on any atom is -0.497 e. The number of methoxy groups -OCH3 is 1. The molecule has 1 aliphatic rings. The predicted octanol–water partition coefficient (Wildman–Crippen LogP) is 3.25. The Morgan fingerprint density at radius 1 is 1.34 bits per heavy atom. The minimum absolute atomic E-state index is 0.0108. The Hall–Kier alpha value is -2.91. The van der Waals surface area contributed by atoms with E-state index in [9.17, 15) is 14.7 Å². The molecule has 1 aromatic carbocycles. The number of aliphatic carboxylic acids is 1. The van der Waals surface area contributed by atoms with Gasteiger partial charge in [0.25, 0.3) is 0 Å². The van der Waals surface area contributed by atoms with Gasteiger partial charge in [0.15, 0.2) is 5.78 Å². The number of nitrogens with zero attached hydrogens (tertiary/aromatic N) is 2. The highest BCUT2D eigenvalue weighted by Gasteiger charge is 2.31. The van der Waals surface area contributed by atoms with Gasteiger partial charge in [-0.25, -0.2) is 0 Å². The Labute approximate surface area is 170 Å². The van der Waals surface area contributed by atoms with Crippen LogP contribution in [0.1, 0.15) is 36.0 Å². The Bertz CT molecular complexity index is 934. The van der Waals surface area contributed by atoms with Crippen LogP contribution < -0.4 is 4.74 Å². The molecule has 6 heteroatoms. The van der Waals surface area contributed by atoms with Crippen LogP contribution in [0.5, 0.6) is 5.75 Å². The third-order valence-electron chi connectivity index (χ3n) is 5.72. The Morgan fingerprint density at radius 2 is 2.17 bits per heavy atom. The van der Waals surface area contributed by atoms with Gasteiger partial charge in [-0.05, 0) is 55.5 Å². The molecule has 0 amide bonds. The van der Waals surface area contributed by atoms with Crippen LogP contribution in [-0.2, 0) is 4.79 Å². The smallest absolute Gasteiger partial charge is 0.303 e. The molecule has 152 valence electrons. The molecule has 2 atom stereocenters. The predicted molar refractivity (Wildman–Crippen MR) is 111 cm³/mol. The highest BCUT2D eigenvalue weighted by Crippen LogP contribution is 2.31. The number of piperidine rings is 1. The molecule has 2 heterocycles. The summed E-state index contributed by atoms with van der Waals surface area (Å²) in [7, 11) is 1.59. The Kier molecular flexibility index (Phi) is 6.84. The fourth-order valence-corrected chi connectivity index (χ4v) is 4.21. The van der Waals surface area contributed by atoms with Crippen molar-refractivity contribution in [3.63, 3.8) is 0 Å². The zero-order valence-corrected chi connectivity index (χ0v) is 16.6. The van der Waals surface area contributed by atoms with E-state index in [4.69, 9.17) is 11.2 Å². The topological polar surface area (TPSA) is 79.7 Å². The number of hydrogen-bond acceptors (Lipinski definition) is 5. The summed E-state index contributed by atoms with van der Waals surface area (Å²) in [4.78, 5) is 30.7. The maximum absolute atomic E-state index is 13.0. The number of Topliss-reactive ketones (excluding diaryl/α,β-unsaturated/α-hetero) is 1. The summed E-state index contributed by atoms with van der Waals surface area (Å²) >= 11 is 0. The van der Waals surface area contributed by atoms with E-state index in [1.807, 2.05) is 18.2 Å². The fraction of sp³-hybridized carbons (Fsp3) is 0.435. The normalized spacial score (nSPS) is 19.6. The largest absolute Gasteiger partial charge is 0.497 e. The lowest BCUT2D eigenvalue weighted by Gasteiger charge is -2.37. The van der Waals surface area contributed by atoms with E-state index in [-0.39, 0.29) is 24.0 Å². The van der Waals surface area contributed by atoms with Crippen LogP contribution >= 0.6 is 0 Å². The Balaban J connectivity index is 1.71. The van der Waals surface area contributed by atoms with Gasteiger partial charge in [-0.2, -0.15) is 0 Å². The van der Waals surface area contributed by atoms with Crippen molar-refractivity contribution >= 4 is 22.7 Å². The lowest BCUT2D eigenvalue weighted by Crippen LogP contribution is -2.41. The van der Waals surface area contributed by atoms with Crippen molar-refractivity contribution < 1.29 is 19.4 Å². The number of benzene rings is 1. The fourth-order valence-electron chi connectivity index (χ4n) is 4.21. The number of rotatable bonds is 8. The van der Waals surface area contributed by atoms with E-state index >= 15 is 0 Å². The van der Waals surface area contributed by atoms with Crippen LogP contribution in [0.25, 0.3) is 10.9 Å². The summed E-state index contributed by atoms with van der Waals surface area (Å²) in [6.07, 6.45) is 9.07. The summed E-state index contributed by atoms with van der Waals surface area (Å²) in [5.41, 5.74) is 1.39. The van der Waals surface area contributed by atoms with Crippen molar-refractivity contribution in [2.45, 2.75) is 25.7 Å². The monoisotopic (exact) mass is 394 g/mol. The second-order valence-electron chi connectivity index (χ2n) is 7.55. The molecule has 0 unspecified atom stereocenters. The summed E-state index contributed by atoms with van der Waals surface area (Å²) in [5, 5.41) is 10.1. The average Bonchev–Trinajstić information content (AvgIpc) is 2.72. The van der Waals surface area contributed by atoms with Crippen molar-refractivity contribution in [1.82, 2.24) is 9.88 Å². The number of pyridine rings is 1. The van der Waals surface area contributed by atoms with E-state index in [0.717, 1.165) is 23.9 Å². The Morgan fingerprint density at radius 3 is 2.90 bits per heavy atom. The summed E-state index contributed by atoms with van der Waals surface area (Å²) < 4.78 is 5.28. The molecule has 6 nitrogen and oxygen atoms in total. The summed E-state index contributed by atoms with van der Waals surface area (Å²) in [5.74, 6) is 2.77. The van der Waals surface area contributed by atoms with Gasteiger partial charge in [0.2, 0.25) is 0 Å². The molecule has 0 saturated carbocycles.